The minimum absolute atomic E-state index is 0.0791. The number of aromatic amines is 1. The van der Waals surface area contributed by atoms with E-state index in [-0.39, 0.29) is 19.8 Å². The molecule has 0 bridgehead atoms. The van der Waals surface area contributed by atoms with Crippen LogP contribution in [0.1, 0.15) is 5.89 Å². The first-order valence-electron chi connectivity index (χ1n) is 8.73. The van der Waals surface area contributed by atoms with Crippen LogP contribution in [0.3, 0.4) is 0 Å². The number of H-pyrrole nitrogens is 1. The molecule has 0 radical (unpaired) electrons. The number of hydrogen-bond donors (Lipinski definition) is 1. The summed E-state index contributed by atoms with van der Waals surface area (Å²) < 4.78 is 16.9. The Hall–Kier alpha value is -3.59. The summed E-state index contributed by atoms with van der Waals surface area (Å²) in [4.78, 5) is 32.2. The molecule has 5 rings (SSSR count). The van der Waals surface area contributed by atoms with E-state index < -0.39 is 11.2 Å². The van der Waals surface area contributed by atoms with E-state index in [0.29, 0.717) is 44.7 Å². The Labute approximate surface area is 167 Å². The largest absolute Gasteiger partial charge is 0.454 e. The lowest BCUT2D eigenvalue weighted by atomic mass is 10.2. The molecule has 2 aromatic heterocycles. The number of fused-ring (bicyclic) bond motifs is 2. The normalized spacial score (nSPS) is 12.6. The summed E-state index contributed by atoms with van der Waals surface area (Å²) in [5, 5.41) is 4.82. The number of benzene rings is 2. The number of nitrogens with zero attached hydrogens (tertiary/aromatic N) is 3. The Balaban J connectivity index is 1.43. The molecule has 0 spiro atoms. The van der Waals surface area contributed by atoms with Gasteiger partial charge in [-0.15, -0.1) is 0 Å². The van der Waals surface area contributed by atoms with E-state index in [2.05, 4.69) is 15.1 Å². The fraction of sp³-hybridized carbons (Fsp3) is 0.158. The Morgan fingerprint density at radius 2 is 1.97 bits per heavy atom. The van der Waals surface area contributed by atoms with Gasteiger partial charge in [0.25, 0.3) is 5.56 Å². The van der Waals surface area contributed by atoms with E-state index in [1.807, 2.05) is 6.07 Å². The monoisotopic (exact) mass is 412 g/mol. The second-order valence-electron chi connectivity index (χ2n) is 6.41. The van der Waals surface area contributed by atoms with Gasteiger partial charge in [-0.2, -0.15) is 4.98 Å². The SMILES string of the molecule is O=c1[nH]c2cc3c(cc2c(=O)n1CCc1nc(-c2cccc(Cl)c2)no1)OCO3. The Morgan fingerprint density at radius 3 is 2.79 bits per heavy atom. The maximum atomic E-state index is 12.8. The molecule has 0 unspecified atom stereocenters. The number of aromatic nitrogens is 4. The Kier molecular flexibility index (Phi) is 4.09. The van der Waals surface area contributed by atoms with Crippen molar-refractivity contribution in [1.29, 1.82) is 0 Å². The molecule has 9 nitrogen and oxygen atoms in total. The third kappa shape index (κ3) is 3.15. The number of nitrogens with one attached hydrogen (secondary N) is 1. The predicted molar refractivity (Wildman–Crippen MR) is 103 cm³/mol. The van der Waals surface area contributed by atoms with Crippen LogP contribution in [0.4, 0.5) is 0 Å². The molecule has 146 valence electrons. The van der Waals surface area contributed by atoms with Crippen molar-refractivity contribution in [3.8, 4) is 22.9 Å². The molecule has 0 atom stereocenters. The summed E-state index contributed by atoms with van der Waals surface area (Å²) in [6.07, 6.45) is 0.215. The first-order chi connectivity index (χ1) is 14.1. The molecule has 0 fully saturated rings. The van der Waals surface area contributed by atoms with Crippen molar-refractivity contribution in [1.82, 2.24) is 19.7 Å². The van der Waals surface area contributed by atoms with E-state index in [9.17, 15) is 9.59 Å². The third-order valence-corrected chi connectivity index (χ3v) is 4.81. The zero-order valence-corrected chi connectivity index (χ0v) is 15.6. The maximum Gasteiger partial charge on any atom is 0.328 e. The number of hydrogen-bond acceptors (Lipinski definition) is 7. The summed E-state index contributed by atoms with van der Waals surface area (Å²) in [7, 11) is 0. The zero-order chi connectivity index (χ0) is 20.0. The van der Waals surface area contributed by atoms with Crippen LogP contribution >= 0.6 is 11.6 Å². The average Bonchev–Trinajstić information content (AvgIpc) is 3.35. The molecule has 0 aliphatic carbocycles. The van der Waals surface area contributed by atoms with Crippen LogP contribution < -0.4 is 20.7 Å². The summed E-state index contributed by atoms with van der Waals surface area (Å²) in [6, 6.07) is 10.2. The highest BCUT2D eigenvalue weighted by molar-refractivity contribution is 6.30. The smallest absolute Gasteiger partial charge is 0.328 e. The molecule has 0 saturated heterocycles. The van der Waals surface area contributed by atoms with Crippen molar-refractivity contribution >= 4 is 22.5 Å². The molecular formula is C19H13ClN4O5. The standard InChI is InChI=1S/C19H13ClN4O5/c20-11-3-1-2-10(6-11)17-22-16(29-23-17)4-5-24-18(25)12-7-14-15(28-9-27-14)8-13(12)21-19(24)26/h1-3,6-8H,4-5,9H2,(H,21,26). The van der Waals surface area contributed by atoms with Gasteiger partial charge >= 0.3 is 5.69 Å². The van der Waals surface area contributed by atoms with Gasteiger partial charge in [-0.3, -0.25) is 9.36 Å². The third-order valence-electron chi connectivity index (χ3n) is 4.58. The van der Waals surface area contributed by atoms with Crippen molar-refractivity contribution in [3.05, 3.63) is 68.1 Å². The van der Waals surface area contributed by atoms with Crippen LogP contribution in [0.25, 0.3) is 22.3 Å². The van der Waals surface area contributed by atoms with E-state index >= 15 is 0 Å². The van der Waals surface area contributed by atoms with Crippen molar-refractivity contribution in [2.24, 2.45) is 0 Å². The van der Waals surface area contributed by atoms with E-state index in [0.717, 1.165) is 4.57 Å². The molecule has 1 aliphatic heterocycles. The van der Waals surface area contributed by atoms with Crippen LogP contribution in [0, 0.1) is 0 Å². The molecule has 2 aromatic carbocycles. The minimum atomic E-state index is -0.532. The predicted octanol–water partition coefficient (Wildman–Crippen LogP) is 2.36. The summed E-state index contributed by atoms with van der Waals surface area (Å²) in [5.74, 6) is 1.65. The average molecular weight is 413 g/mol. The summed E-state index contributed by atoms with van der Waals surface area (Å²) in [6.45, 7) is 0.159. The molecule has 3 heterocycles. The molecular weight excluding hydrogens is 400 g/mol. The first kappa shape index (κ1) is 17.5. The Bertz CT molecular complexity index is 1360. The molecule has 1 N–H and O–H groups in total. The van der Waals surface area contributed by atoms with Gasteiger partial charge in [0.1, 0.15) is 0 Å². The second-order valence-corrected chi connectivity index (χ2v) is 6.85. The fourth-order valence-electron chi connectivity index (χ4n) is 3.15. The van der Waals surface area contributed by atoms with Crippen LogP contribution in [0.15, 0.2) is 50.5 Å². The summed E-state index contributed by atoms with van der Waals surface area (Å²) >= 11 is 5.98. The highest BCUT2D eigenvalue weighted by atomic mass is 35.5. The number of aryl methyl sites for hydroxylation is 1. The lowest BCUT2D eigenvalue weighted by molar-refractivity contribution is 0.174. The van der Waals surface area contributed by atoms with Gasteiger partial charge in [0.15, 0.2) is 11.5 Å². The Morgan fingerprint density at radius 1 is 1.14 bits per heavy atom. The lowest BCUT2D eigenvalue weighted by Crippen LogP contribution is -2.35. The molecule has 0 amide bonds. The summed E-state index contributed by atoms with van der Waals surface area (Å²) in [5.41, 5.74) is 0.137. The molecule has 29 heavy (non-hydrogen) atoms. The van der Waals surface area contributed by atoms with Gasteiger partial charge in [-0.05, 0) is 18.2 Å². The first-order valence-corrected chi connectivity index (χ1v) is 9.11. The van der Waals surface area contributed by atoms with Gasteiger partial charge in [0, 0.05) is 29.6 Å². The second kappa shape index (κ2) is 6.78. The van der Waals surface area contributed by atoms with Crippen LogP contribution in [0.2, 0.25) is 5.02 Å². The lowest BCUT2D eigenvalue weighted by Gasteiger charge is -2.06. The quantitative estimate of drug-likeness (QED) is 0.547. The molecule has 4 aromatic rings. The maximum absolute atomic E-state index is 12.8. The molecule has 10 heteroatoms. The van der Waals surface area contributed by atoms with Gasteiger partial charge in [0.2, 0.25) is 18.5 Å². The van der Waals surface area contributed by atoms with Crippen molar-refractivity contribution in [3.63, 3.8) is 0 Å². The van der Waals surface area contributed by atoms with Crippen molar-refractivity contribution in [2.75, 3.05) is 6.79 Å². The number of rotatable bonds is 4. The van der Waals surface area contributed by atoms with Gasteiger partial charge in [-0.1, -0.05) is 28.9 Å². The van der Waals surface area contributed by atoms with Crippen LogP contribution in [-0.2, 0) is 13.0 Å². The fourth-order valence-corrected chi connectivity index (χ4v) is 3.34. The topological polar surface area (TPSA) is 112 Å². The number of ether oxygens (including phenoxy) is 2. The van der Waals surface area contributed by atoms with E-state index in [4.69, 9.17) is 25.6 Å². The van der Waals surface area contributed by atoms with Gasteiger partial charge in [0.05, 0.1) is 10.9 Å². The van der Waals surface area contributed by atoms with Gasteiger partial charge in [-0.25, -0.2) is 4.79 Å². The zero-order valence-electron chi connectivity index (χ0n) is 14.8. The van der Waals surface area contributed by atoms with Crippen molar-refractivity contribution < 1.29 is 14.0 Å². The van der Waals surface area contributed by atoms with Gasteiger partial charge < -0.3 is 19.0 Å². The highest BCUT2D eigenvalue weighted by Gasteiger charge is 2.18. The minimum Gasteiger partial charge on any atom is -0.454 e. The van der Waals surface area contributed by atoms with Crippen LogP contribution in [0.5, 0.6) is 11.5 Å². The van der Waals surface area contributed by atoms with Crippen molar-refractivity contribution in [2.45, 2.75) is 13.0 Å². The van der Waals surface area contributed by atoms with E-state index in [1.54, 1.807) is 30.3 Å². The van der Waals surface area contributed by atoms with Crippen LogP contribution in [-0.4, -0.2) is 26.5 Å². The molecule has 0 saturated carbocycles. The number of halogens is 1. The van der Waals surface area contributed by atoms with E-state index in [1.165, 1.54) is 0 Å². The molecule has 1 aliphatic rings. The highest BCUT2D eigenvalue weighted by Crippen LogP contribution is 2.34.